The molecule has 0 spiro atoms. The van der Waals surface area contributed by atoms with Crippen LogP contribution in [0.15, 0.2) is 30.5 Å². The number of alkyl halides is 1. The fraction of sp³-hybridized carbons (Fsp3) is 0.429. The number of aliphatic hydroxyl groups is 5. The molecule has 8 heteroatoms. The molecule has 1 aromatic heterocycles. The molecule has 0 unspecified atom stereocenters. The van der Waals surface area contributed by atoms with Gasteiger partial charge in [-0.15, -0.1) is 0 Å². The summed E-state index contributed by atoms with van der Waals surface area (Å²) in [6, 6.07) is 6.88. The molecule has 120 valence electrons. The summed E-state index contributed by atoms with van der Waals surface area (Å²) in [7, 11) is 0. The summed E-state index contributed by atoms with van der Waals surface area (Å²) < 4.78 is 4.87. The van der Waals surface area contributed by atoms with Gasteiger partial charge in [0, 0.05) is 22.7 Å². The number of nitrogens with one attached hydrogen (secondary N) is 1. The Kier molecular flexibility index (Phi) is 3.69. The number of para-hydroxylation sites is 1. The highest BCUT2D eigenvalue weighted by atomic mass is 35.5. The zero-order valence-corrected chi connectivity index (χ0v) is 12.1. The van der Waals surface area contributed by atoms with E-state index in [-0.39, 0.29) is 5.56 Å². The largest absolute Gasteiger partial charge is 0.394 e. The van der Waals surface area contributed by atoms with Crippen LogP contribution in [0.2, 0.25) is 0 Å². The van der Waals surface area contributed by atoms with Gasteiger partial charge in [-0.3, -0.25) is 0 Å². The Morgan fingerprint density at radius 2 is 1.91 bits per heavy atom. The molecule has 0 bridgehead atoms. The van der Waals surface area contributed by atoms with Crippen LogP contribution in [0, 0.1) is 0 Å². The molecule has 7 nitrogen and oxygen atoms in total. The molecule has 22 heavy (non-hydrogen) atoms. The van der Waals surface area contributed by atoms with Gasteiger partial charge in [-0.25, -0.2) is 0 Å². The van der Waals surface area contributed by atoms with Gasteiger partial charge in [0.05, 0.1) is 6.61 Å². The van der Waals surface area contributed by atoms with Crippen molar-refractivity contribution < 1.29 is 30.3 Å². The Bertz CT molecular complexity index is 689. The SMILES string of the molecule is OC[C@H]1O[C@@H](O)[C@H](O)[C@](O)(c2c[nH]c3ccccc23)[C@]1(O)Cl. The summed E-state index contributed by atoms with van der Waals surface area (Å²) in [5, 5.41) is 48.8. The van der Waals surface area contributed by atoms with E-state index in [1.165, 1.54) is 6.20 Å². The van der Waals surface area contributed by atoms with Crippen LogP contribution in [-0.4, -0.2) is 60.7 Å². The lowest BCUT2D eigenvalue weighted by Gasteiger charge is -2.50. The molecule has 1 saturated heterocycles. The van der Waals surface area contributed by atoms with E-state index in [0.29, 0.717) is 10.9 Å². The number of aromatic nitrogens is 1. The van der Waals surface area contributed by atoms with Crippen molar-refractivity contribution in [1.82, 2.24) is 4.98 Å². The normalized spacial score (nSPS) is 39.3. The highest BCUT2D eigenvalue weighted by Gasteiger charge is 2.65. The van der Waals surface area contributed by atoms with Crippen LogP contribution in [0.25, 0.3) is 10.9 Å². The average molecular weight is 330 g/mol. The monoisotopic (exact) mass is 329 g/mol. The number of aromatic amines is 1. The van der Waals surface area contributed by atoms with Crippen molar-refractivity contribution in [3.63, 3.8) is 0 Å². The molecular formula is C14H16ClNO6. The first-order valence-electron chi connectivity index (χ1n) is 6.66. The minimum absolute atomic E-state index is 0.0916. The number of hydrogen-bond acceptors (Lipinski definition) is 6. The van der Waals surface area contributed by atoms with E-state index >= 15 is 0 Å². The molecule has 0 amide bonds. The number of aliphatic hydroxyl groups excluding tert-OH is 3. The minimum atomic E-state index is -2.55. The maximum absolute atomic E-state index is 11.0. The van der Waals surface area contributed by atoms with Gasteiger partial charge >= 0.3 is 0 Å². The van der Waals surface area contributed by atoms with Crippen molar-refractivity contribution in [3.05, 3.63) is 36.0 Å². The van der Waals surface area contributed by atoms with Crippen LogP contribution in [-0.2, 0) is 10.3 Å². The number of fused-ring (bicyclic) bond motifs is 1. The van der Waals surface area contributed by atoms with Gasteiger partial charge in [0.25, 0.3) is 0 Å². The summed E-state index contributed by atoms with van der Waals surface area (Å²) in [4.78, 5) is 2.89. The van der Waals surface area contributed by atoms with E-state index in [4.69, 9.17) is 16.3 Å². The maximum atomic E-state index is 11.0. The van der Waals surface area contributed by atoms with E-state index in [1.807, 2.05) is 0 Å². The number of ether oxygens (including phenoxy) is 1. The second-order valence-corrected chi connectivity index (χ2v) is 5.91. The molecule has 5 atom stereocenters. The zero-order valence-electron chi connectivity index (χ0n) is 11.3. The molecular weight excluding hydrogens is 314 g/mol. The summed E-state index contributed by atoms with van der Waals surface area (Å²) in [6.07, 6.45) is -3.86. The molecule has 1 fully saturated rings. The van der Waals surface area contributed by atoms with E-state index in [9.17, 15) is 25.5 Å². The van der Waals surface area contributed by atoms with E-state index < -0.39 is 35.8 Å². The maximum Gasteiger partial charge on any atom is 0.203 e. The van der Waals surface area contributed by atoms with Gasteiger partial charge in [0.1, 0.15) is 12.2 Å². The smallest absolute Gasteiger partial charge is 0.203 e. The lowest BCUT2D eigenvalue weighted by atomic mass is 9.78. The number of rotatable bonds is 2. The third-order valence-electron chi connectivity index (χ3n) is 4.13. The highest BCUT2D eigenvalue weighted by molar-refractivity contribution is 6.24. The average Bonchev–Trinajstić information content (AvgIpc) is 2.93. The second-order valence-electron chi connectivity index (χ2n) is 5.33. The van der Waals surface area contributed by atoms with Crippen molar-refractivity contribution in [2.24, 2.45) is 0 Å². The van der Waals surface area contributed by atoms with Gasteiger partial charge in [-0.1, -0.05) is 29.8 Å². The Hall–Kier alpha value is -1.19. The lowest BCUT2D eigenvalue weighted by Crippen LogP contribution is -2.70. The Labute approximate surface area is 130 Å². The van der Waals surface area contributed by atoms with Crippen molar-refractivity contribution in [1.29, 1.82) is 0 Å². The zero-order chi connectivity index (χ0) is 16.1. The van der Waals surface area contributed by atoms with E-state index in [2.05, 4.69) is 4.98 Å². The van der Waals surface area contributed by atoms with E-state index in [0.717, 1.165) is 0 Å². The number of hydrogen-bond donors (Lipinski definition) is 6. The second kappa shape index (κ2) is 5.17. The van der Waals surface area contributed by atoms with Gasteiger partial charge in [0.2, 0.25) is 5.06 Å². The molecule has 1 aliphatic rings. The van der Waals surface area contributed by atoms with Crippen LogP contribution in [0.3, 0.4) is 0 Å². The van der Waals surface area contributed by atoms with Crippen LogP contribution in [0.5, 0.6) is 0 Å². The summed E-state index contributed by atoms with van der Waals surface area (Å²) in [5.41, 5.74) is -1.72. The Morgan fingerprint density at radius 1 is 1.23 bits per heavy atom. The number of halogens is 1. The molecule has 3 rings (SSSR count). The van der Waals surface area contributed by atoms with Crippen LogP contribution < -0.4 is 0 Å². The molecule has 0 saturated carbocycles. The van der Waals surface area contributed by atoms with E-state index in [1.54, 1.807) is 24.3 Å². The van der Waals surface area contributed by atoms with Crippen LogP contribution in [0.1, 0.15) is 5.56 Å². The molecule has 0 radical (unpaired) electrons. The topological polar surface area (TPSA) is 126 Å². The third-order valence-corrected chi connectivity index (χ3v) is 4.66. The molecule has 1 aromatic carbocycles. The van der Waals surface area contributed by atoms with Crippen LogP contribution in [0.4, 0.5) is 0 Å². The minimum Gasteiger partial charge on any atom is -0.394 e. The molecule has 2 aromatic rings. The molecule has 2 heterocycles. The van der Waals surface area contributed by atoms with Gasteiger partial charge in [-0.05, 0) is 6.07 Å². The fourth-order valence-corrected chi connectivity index (χ4v) is 3.23. The summed E-state index contributed by atoms with van der Waals surface area (Å²) in [5.74, 6) is 0. The molecule has 0 aliphatic carbocycles. The van der Waals surface area contributed by atoms with Crippen molar-refractivity contribution in [3.8, 4) is 0 Å². The number of H-pyrrole nitrogens is 1. The van der Waals surface area contributed by atoms with Crippen LogP contribution >= 0.6 is 11.6 Å². The number of benzene rings is 1. The predicted molar refractivity (Wildman–Crippen MR) is 77.0 cm³/mol. The quantitative estimate of drug-likeness (QED) is 0.407. The van der Waals surface area contributed by atoms with Gasteiger partial charge in [-0.2, -0.15) is 0 Å². The summed E-state index contributed by atoms with van der Waals surface area (Å²) >= 11 is 6.03. The van der Waals surface area contributed by atoms with Crippen molar-refractivity contribution in [2.75, 3.05) is 6.61 Å². The molecule has 1 aliphatic heterocycles. The van der Waals surface area contributed by atoms with Gasteiger partial charge in [0.15, 0.2) is 11.9 Å². The van der Waals surface area contributed by atoms with Crippen molar-refractivity contribution in [2.45, 2.75) is 29.2 Å². The van der Waals surface area contributed by atoms with Gasteiger partial charge < -0.3 is 35.3 Å². The predicted octanol–water partition coefficient (Wildman–Crippen LogP) is -0.647. The van der Waals surface area contributed by atoms with Crippen molar-refractivity contribution >= 4 is 22.5 Å². The lowest BCUT2D eigenvalue weighted by molar-refractivity contribution is -0.339. The molecule has 6 N–H and O–H groups in total. The standard InChI is InChI=1S/C14H16ClNO6/c15-14(21)10(6-17)22-12(19)11(18)13(14,20)8-5-16-9-4-2-1-3-7(8)9/h1-5,10-12,16-21H,6H2/t10-,11+,12-,13-,14+/m1/s1. The fourth-order valence-electron chi connectivity index (χ4n) is 2.89. The first-order chi connectivity index (χ1) is 10.3. The third kappa shape index (κ3) is 1.92. The Balaban J connectivity index is 2.23. The highest BCUT2D eigenvalue weighted by Crippen LogP contribution is 2.48. The first-order valence-corrected chi connectivity index (χ1v) is 7.04. The first kappa shape index (κ1) is 15.7. The Morgan fingerprint density at radius 3 is 2.59 bits per heavy atom. The summed E-state index contributed by atoms with van der Waals surface area (Å²) in [6.45, 7) is -0.756.